The van der Waals surface area contributed by atoms with E-state index in [9.17, 15) is 4.79 Å². The molecule has 0 spiro atoms. The van der Waals surface area contributed by atoms with Crippen molar-refractivity contribution >= 4 is 11.9 Å². The number of aromatic nitrogens is 2. The van der Waals surface area contributed by atoms with Gasteiger partial charge in [-0.1, -0.05) is 0 Å². The highest BCUT2D eigenvalue weighted by Gasteiger charge is 2.39. The predicted molar refractivity (Wildman–Crippen MR) is 77.5 cm³/mol. The molecule has 1 aliphatic carbocycles. The second kappa shape index (κ2) is 5.09. The van der Waals surface area contributed by atoms with E-state index in [1.807, 2.05) is 37.1 Å². The van der Waals surface area contributed by atoms with Crippen LogP contribution in [0.15, 0.2) is 6.20 Å². The maximum Gasteiger partial charge on any atom is 0.224 e. The number of nitrogens with one attached hydrogen (secondary N) is 1. The van der Waals surface area contributed by atoms with Gasteiger partial charge in [0.1, 0.15) is 0 Å². The molecule has 1 aromatic heterocycles. The number of hydrogen-bond acceptors (Lipinski definition) is 4. The van der Waals surface area contributed by atoms with E-state index in [-0.39, 0.29) is 6.04 Å². The summed E-state index contributed by atoms with van der Waals surface area (Å²) in [6.07, 6.45) is 4.91. The summed E-state index contributed by atoms with van der Waals surface area (Å²) >= 11 is 0. The maximum atomic E-state index is 11.9. The maximum absolute atomic E-state index is 11.9. The van der Waals surface area contributed by atoms with Crippen molar-refractivity contribution in [2.45, 2.75) is 37.9 Å². The SMILES string of the molecule is CN(C)c1ncc(CN[C@H]2CC(=O)N(C3CC3)C2)n1C. The minimum absolute atomic E-state index is 0.279. The van der Waals surface area contributed by atoms with Crippen LogP contribution in [0.1, 0.15) is 25.0 Å². The Morgan fingerprint density at radius 3 is 2.80 bits per heavy atom. The molecule has 20 heavy (non-hydrogen) atoms. The van der Waals surface area contributed by atoms with Crippen LogP contribution in [-0.4, -0.2) is 53.1 Å². The Hall–Kier alpha value is -1.56. The molecule has 2 aliphatic rings. The minimum Gasteiger partial charge on any atom is -0.348 e. The van der Waals surface area contributed by atoms with Crippen LogP contribution in [0.5, 0.6) is 0 Å². The van der Waals surface area contributed by atoms with Crippen LogP contribution >= 0.6 is 0 Å². The summed E-state index contributed by atoms with van der Waals surface area (Å²) in [6, 6.07) is 0.812. The number of carbonyl (C=O) groups is 1. The van der Waals surface area contributed by atoms with Crippen LogP contribution in [0.3, 0.4) is 0 Å². The van der Waals surface area contributed by atoms with Gasteiger partial charge in [0.15, 0.2) is 0 Å². The summed E-state index contributed by atoms with van der Waals surface area (Å²) in [4.78, 5) is 20.3. The zero-order valence-corrected chi connectivity index (χ0v) is 12.5. The molecule has 1 amide bonds. The molecule has 0 aromatic carbocycles. The number of nitrogens with zero attached hydrogens (tertiary/aromatic N) is 4. The summed E-state index contributed by atoms with van der Waals surface area (Å²) in [7, 11) is 6.00. The lowest BCUT2D eigenvalue weighted by Crippen LogP contribution is -2.33. The molecule has 1 atom stereocenters. The Morgan fingerprint density at radius 1 is 1.45 bits per heavy atom. The normalized spacial score (nSPS) is 22.6. The van der Waals surface area contributed by atoms with E-state index >= 15 is 0 Å². The molecule has 0 bridgehead atoms. The van der Waals surface area contributed by atoms with Crippen LogP contribution in [0, 0.1) is 0 Å². The molecule has 2 fully saturated rings. The van der Waals surface area contributed by atoms with Gasteiger partial charge in [-0.2, -0.15) is 0 Å². The summed E-state index contributed by atoms with van der Waals surface area (Å²) in [5.41, 5.74) is 1.14. The van der Waals surface area contributed by atoms with Crippen molar-refractivity contribution in [3.05, 3.63) is 11.9 Å². The second-order valence-electron chi connectivity index (χ2n) is 6.06. The lowest BCUT2D eigenvalue weighted by Gasteiger charge is -2.17. The first-order valence-electron chi connectivity index (χ1n) is 7.27. The highest BCUT2D eigenvalue weighted by atomic mass is 16.2. The van der Waals surface area contributed by atoms with Gasteiger partial charge in [0.2, 0.25) is 11.9 Å². The molecular weight excluding hydrogens is 254 g/mol. The van der Waals surface area contributed by atoms with E-state index in [4.69, 9.17) is 0 Å². The molecule has 0 unspecified atom stereocenters. The van der Waals surface area contributed by atoms with Crippen LogP contribution < -0.4 is 10.2 Å². The molecule has 0 radical (unpaired) electrons. The smallest absolute Gasteiger partial charge is 0.224 e. The van der Waals surface area contributed by atoms with Gasteiger partial charge in [0.25, 0.3) is 0 Å². The van der Waals surface area contributed by atoms with Crippen molar-refractivity contribution in [1.29, 1.82) is 0 Å². The number of hydrogen-bond donors (Lipinski definition) is 1. The molecule has 2 heterocycles. The van der Waals surface area contributed by atoms with Gasteiger partial charge in [0, 0.05) is 52.7 Å². The summed E-state index contributed by atoms with van der Waals surface area (Å²) in [5, 5.41) is 3.49. The van der Waals surface area contributed by atoms with E-state index in [1.165, 1.54) is 12.8 Å². The number of amides is 1. The Kier molecular flexibility index (Phi) is 3.41. The molecule has 1 saturated carbocycles. The summed E-state index contributed by atoms with van der Waals surface area (Å²) < 4.78 is 2.09. The van der Waals surface area contributed by atoms with Crippen molar-refractivity contribution in [1.82, 2.24) is 19.8 Å². The number of carbonyl (C=O) groups excluding carboxylic acids is 1. The molecule has 6 heteroatoms. The standard InChI is InChI=1S/C14H23N5O/c1-17(2)14-16-8-12(18(14)3)7-15-10-6-13(20)19(9-10)11-4-5-11/h8,10-11,15H,4-7,9H2,1-3H3/t10-/m0/s1. The third kappa shape index (κ3) is 2.52. The monoisotopic (exact) mass is 277 g/mol. The van der Waals surface area contributed by atoms with Crippen LogP contribution in [0.25, 0.3) is 0 Å². The number of rotatable bonds is 5. The molecule has 1 aliphatic heterocycles. The molecular formula is C14H23N5O. The van der Waals surface area contributed by atoms with E-state index in [2.05, 4.69) is 14.9 Å². The van der Waals surface area contributed by atoms with Crippen molar-refractivity contribution < 1.29 is 4.79 Å². The fraction of sp³-hybridized carbons (Fsp3) is 0.714. The fourth-order valence-corrected chi connectivity index (χ4v) is 2.87. The van der Waals surface area contributed by atoms with E-state index < -0.39 is 0 Å². The highest BCUT2D eigenvalue weighted by molar-refractivity contribution is 5.80. The van der Waals surface area contributed by atoms with Gasteiger partial charge in [-0.25, -0.2) is 4.98 Å². The first-order valence-corrected chi connectivity index (χ1v) is 7.27. The van der Waals surface area contributed by atoms with Crippen LogP contribution in [0.2, 0.25) is 0 Å². The molecule has 1 saturated heterocycles. The average molecular weight is 277 g/mol. The van der Waals surface area contributed by atoms with E-state index in [0.29, 0.717) is 18.4 Å². The number of imidazole rings is 1. The van der Waals surface area contributed by atoms with Crippen molar-refractivity contribution in [2.24, 2.45) is 7.05 Å². The van der Waals surface area contributed by atoms with Crippen LogP contribution in [0.4, 0.5) is 5.95 Å². The van der Waals surface area contributed by atoms with Gasteiger partial charge in [0.05, 0.1) is 11.9 Å². The topological polar surface area (TPSA) is 53.4 Å². The first kappa shape index (κ1) is 13.4. The van der Waals surface area contributed by atoms with Gasteiger partial charge in [-0.15, -0.1) is 0 Å². The third-order valence-corrected chi connectivity index (χ3v) is 4.18. The van der Waals surface area contributed by atoms with Gasteiger partial charge in [-0.05, 0) is 12.8 Å². The molecule has 110 valence electrons. The first-order chi connectivity index (χ1) is 9.56. The van der Waals surface area contributed by atoms with Crippen molar-refractivity contribution in [2.75, 3.05) is 25.5 Å². The van der Waals surface area contributed by atoms with Gasteiger partial charge in [-0.3, -0.25) is 4.79 Å². The van der Waals surface area contributed by atoms with Crippen LogP contribution in [-0.2, 0) is 18.4 Å². The predicted octanol–water partition coefficient (Wildman–Crippen LogP) is 0.339. The Morgan fingerprint density at radius 2 is 2.20 bits per heavy atom. The zero-order chi connectivity index (χ0) is 14.3. The molecule has 1 aromatic rings. The molecule has 6 nitrogen and oxygen atoms in total. The van der Waals surface area contributed by atoms with E-state index in [1.54, 1.807) is 0 Å². The van der Waals surface area contributed by atoms with Gasteiger partial charge >= 0.3 is 0 Å². The number of likely N-dealkylation sites (tertiary alicyclic amines) is 1. The molecule has 3 rings (SSSR count). The highest BCUT2D eigenvalue weighted by Crippen LogP contribution is 2.30. The Bertz CT molecular complexity index is 506. The quantitative estimate of drug-likeness (QED) is 0.843. The average Bonchev–Trinajstić information content (AvgIpc) is 3.07. The summed E-state index contributed by atoms with van der Waals surface area (Å²) in [6.45, 7) is 1.62. The summed E-state index contributed by atoms with van der Waals surface area (Å²) in [5.74, 6) is 1.26. The zero-order valence-electron chi connectivity index (χ0n) is 12.5. The Balaban J connectivity index is 1.56. The van der Waals surface area contributed by atoms with E-state index in [0.717, 1.165) is 24.7 Å². The lowest BCUT2D eigenvalue weighted by molar-refractivity contribution is -0.128. The third-order valence-electron chi connectivity index (χ3n) is 4.18. The molecule has 1 N–H and O–H groups in total. The van der Waals surface area contributed by atoms with Crippen molar-refractivity contribution in [3.63, 3.8) is 0 Å². The van der Waals surface area contributed by atoms with Gasteiger partial charge < -0.3 is 19.7 Å². The number of anilines is 1. The second-order valence-corrected chi connectivity index (χ2v) is 6.06. The lowest BCUT2D eigenvalue weighted by atomic mass is 10.2. The fourth-order valence-electron chi connectivity index (χ4n) is 2.87. The largest absolute Gasteiger partial charge is 0.348 e. The Labute approximate surface area is 119 Å². The van der Waals surface area contributed by atoms with Crippen molar-refractivity contribution in [3.8, 4) is 0 Å². The minimum atomic E-state index is 0.279.